The normalized spacial score (nSPS) is 26.0. The lowest BCUT2D eigenvalue weighted by molar-refractivity contribution is 0.136. The number of nitrogens with zero attached hydrogens (tertiary/aromatic N) is 3. The van der Waals surface area contributed by atoms with Crippen LogP contribution in [0.5, 0.6) is 0 Å². The second-order valence-electron chi connectivity index (χ2n) is 6.20. The summed E-state index contributed by atoms with van der Waals surface area (Å²) in [5.41, 5.74) is 0. The molecule has 0 spiro atoms. The maximum absolute atomic E-state index is 12.7. The molecule has 0 amide bonds. The zero-order valence-corrected chi connectivity index (χ0v) is 14.7. The summed E-state index contributed by atoms with van der Waals surface area (Å²) in [6, 6.07) is 0.536. The molecular formula is C14H28ClN3O2S. The lowest BCUT2D eigenvalue weighted by atomic mass is 10.0. The van der Waals surface area contributed by atoms with Crippen LogP contribution in [0.25, 0.3) is 0 Å². The minimum absolute atomic E-state index is 0.473. The molecule has 0 radical (unpaired) electrons. The van der Waals surface area contributed by atoms with E-state index in [1.54, 1.807) is 8.61 Å². The SMILES string of the molecule is CCC(C)N1CCN(S(=O)(=O)N2CCC(CCl)CC2)CC1. The van der Waals surface area contributed by atoms with E-state index in [-0.39, 0.29) is 0 Å². The summed E-state index contributed by atoms with van der Waals surface area (Å²) in [4.78, 5) is 2.38. The molecule has 0 bridgehead atoms. The molecule has 2 heterocycles. The van der Waals surface area contributed by atoms with Crippen LogP contribution in [-0.4, -0.2) is 73.1 Å². The molecule has 21 heavy (non-hydrogen) atoms. The maximum atomic E-state index is 12.7. The van der Waals surface area contributed by atoms with Gasteiger partial charge in [0, 0.05) is 51.2 Å². The first-order valence-corrected chi connectivity index (χ1v) is 9.97. The first-order chi connectivity index (χ1) is 9.98. The lowest BCUT2D eigenvalue weighted by Gasteiger charge is -2.40. The van der Waals surface area contributed by atoms with E-state index in [9.17, 15) is 8.42 Å². The molecule has 5 nitrogen and oxygen atoms in total. The second kappa shape index (κ2) is 7.59. The monoisotopic (exact) mass is 337 g/mol. The average Bonchev–Trinajstić information content (AvgIpc) is 2.54. The zero-order valence-electron chi connectivity index (χ0n) is 13.2. The predicted octanol–water partition coefficient (Wildman–Crippen LogP) is 1.60. The molecule has 1 unspecified atom stereocenters. The Labute approximate surface area is 134 Å². The van der Waals surface area contributed by atoms with Crippen molar-refractivity contribution in [1.29, 1.82) is 0 Å². The van der Waals surface area contributed by atoms with Crippen molar-refractivity contribution in [3.05, 3.63) is 0 Å². The van der Waals surface area contributed by atoms with E-state index in [0.29, 0.717) is 44.0 Å². The van der Waals surface area contributed by atoms with Gasteiger partial charge in [-0.3, -0.25) is 4.90 Å². The van der Waals surface area contributed by atoms with Crippen molar-refractivity contribution in [2.75, 3.05) is 45.1 Å². The third kappa shape index (κ3) is 4.10. The van der Waals surface area contributed by atoms with Crippen molar-refractivity contribution < 1.29 is 8.42 Å². The van der Waals surface area contributed by atoms with Crippen LogP contribution in [0.3, 0.4) is 0 Å². The Balaban J connectivity index is 1.90. The van der Waals surface area contributed by atoms with E-state index in [1.807, 2.05) is 0 Å². The number of hydrogen-bond acceptors (Lipinski definition) is 3. The number of hydrogen-bond donors (Lipinski definition) is 0. The summed E-state index contributed by atoms with van der Waals surface area (Å²) in [7, 11) is -3.28. The van der Waals surface area contributed by atoms with Gasteiger partial charge >= 0.3 is 0 Å². The molecule has 2 rings (SSSR count). The summed E-state index contributed by atoms with van der Waals surface area (Å²) >= 11 is 5.87. The van der Waals surface area contributed by atoms with Crippen LogP contribution in [0.4, 0.5) is 0 Å². The number of halogens is 1. The van der Waals surface area contributed by atoms with E-state index in [1.165, 1.54) is 0 Å². The van der Waals surface area contributed by atoms with Gasteiger partial charge in [0.25, 0.3) is 10.2 Å². The van der Waals surface area contributed by atoms with Crippen LogP contribution in [0, 0.1) is 5.92 Å². The smallest absolute Gasteiger partial charge is 0.282 e. The molecule has 2 aliphatic rings. The summed E-state index contributed by atoms with van der Waals surface area (Å²) < 4.78 is 28.7. The van der Waals surface area contributed by atoms with Crippen LogP contribution >= 0.6 is 11.6 Å². The molecule has 0 aliphatic carbocycles. The molecule has 2 fully saturated rings. The van der Waals surface area contributed by atoms with Gasteiger partial charge in [-0.05, 0) is 32.1 Å². The minimum Gasteiger partial charge on any atom is -0.298 e. The van der Waals surface area contributed by atoms with Gasteiger partial charge in [0.15, 0.2) is 0 Å². The van der Waals surface area contributed by atoms with Gasteiger partial charge in [0.2, 0.25) is 0 Å². The van der Waals surface area contributed by atoms with E-state index >= 15 is 0 Å². The minimum atomic E-state index is -3.28. The highest BCUT2D eigenvalue weighted by molar-refractivity contribution is 7.86. The van der Waals surface area contributed by atoms with Crippen LogP contribution in [0.2, 0.25) is 0 Å². The summed E-state index contributed by atoms with van der Waals surface area (Å²) in [6.45, 7) is 8.52. The third-order valence-electron chi connectivity index (χ3n) is 4.93. The molecule has 0 aromatic carbocycles. The highest BCUT2D eigenvalue weighted by Gasteiger charge is 2.34. The second-order valence-corrected chi connectivity index (χ2v) is 8.43. The van der Waals surface area contributed by atoms with Crippen LogP contribution in [0.1, 0.15) is 33.1 Å². The maximum Gasteiger partial charge on any atom is 0.282 e. The molecule has 0 saturated carbocycles. The largest absolute Gasteiger partial charge is 0.298 e. The predicted molar refractivity (Wildman–Crippen MR) is 86.8 cm³/mol. The first-order valence-electron chi connectivity index (χ1n) is 8.04. The molecule has 2 saturated heterocycles. The van der Waals surface area contributed by atoms with Crippen molar-refractivity contribution in [2.45, 2.75) is 39.2 Å². The van der Waals surface area contributed by atoms with Crippen molar-refractivity contribution >= 4 is 21.8 Å². The van der Waals surface area contributed by atoms with Crippen molar-refractivity contribution in [3.8, 4) is 0 Å². The van der Waals surface area contributed by atoms with E-state index in [4.69, 9.17) is 11.6 Å². The third-order valence-corrected chi connectivity index (χ3v) is 7.40. The summed E-state index contributed by atoms with van der Waals surface area (Å²) in [6.07, 6.45) is 2.88. The fourth-order valence-electron chi connectivity index (χ4n) is 3.09. The van der Waals surface area contributed by atoms with Gasteiger partial charge in [-0.2, -0.15) is 17.0 Å². The van der Waals surface area contributed by atoms with Gasteiger partial charge in [-0.1, -0.05) is 6.92 Å². The first kappa shape index (κ1) is 17.5. The fourth-order valence-corrected chi connectivity index (χ4v) is 5.02. The number of alkyl halides is 1. The Morgan fingerprint density at radius 3 is 2.05 bits per heavy atom. The van der Waals surface area contributed by atoms with Crippen molar-refractivity contribution in [3.63, 3.8) is 0 Å². The molecule has 1 atom stereocenters. The Kier molecular flexibility index (Phi) is 6.32. The molecule has 0 aromatic rings. The fraction of sp³-hybridized carbons (Fsp3) is 1.00. The van der Waals surface area contributed by atoms with Gasteiger partial charge < -0.3 is 0 Å². The molecular weight excluding hydrogens is 310 g/mol. The Morgan fingerprint density at radius 2 is 1.57 bits per heavy atom. The molecule has 7 heteroatoms. The Bertz CT molecular complexity index is 416. The molecule has 124 valence electrons. The van der Waals surface area contributed by atoms with Crippen molar-refractivity contribution in [1.82, 2.24) is 13.5 Å². The topological polar surface area (TPSA) is 43.9 Å². The van der Waals surface area contributed by atoms with Crippen LogP contribution < -0.4 is 0 Å². The Hall–Kier alpha value is 0.120. The van der Waals surface area contributed by atoms with Crippen LogP contribution in [-0.2, 0) is 10.2 Å². The quantitative estimate of drug-likeness (QED) is 0.716. The standard InChI is InChI=1S/C14H28ClN3O2S/c1-3-13(2)16-8-10-18(11-9-16)21(19,20)17-6-4-14(12-15)5-7-17/h13-14H,3-12H2,1-2H3. The highest BCUT2D eigenvalue weighted by Crippen LogP contribution is 2.23. The van der Waals surface area contributed by atoms with E-state index < -0.39 is 10.2 Å². The average molecular weight is 338 g/mol. The summed E-state index contributed by atoms with van der Waals surface area (Å²) in [5.74, 6) is 1.11. The molecule has 2 aliphatic heterocycles. The number of piperidine rings is 1. The van der Waals surface area contributed by atoms with E-state index in [2.05, 4.69) is 18.7 Å². The van der Waals surface area contributed by atoms with Gasteiger partial charge in [-0.15, -0.1) is 11.6 Å². The molecule has 0 aromatic heterocycles. The van der Waals surface area contributed by atoms with Crippen molar-refractivity contribution in [2.24, 2.45) is 5.92 Å². The van der Waals surface area contributed by atoms with Gasteiger partial charge in [-0.25, -0.2) is 0 Å². The lowest BCUT2D eigenvalue weighted by Crippen LogP contribution is -2.55. The number of rotatable bonds is 5. The van der Waals surface area contributed by atoms with Gasteiger partial charge in [0.05, 0.1) is 0 Å². The van der Waals surface area contributed by atoms with E-state index in [0.717, 1.165) is 32.4 Å². The highest BCUT2D eigenvalue weighted by atomic mass is 35.5. The number of piperazine rings is 1. The molecule has 0 N–H and O–H groups in total. The summed E-state index contributed by atoms with van der Waals surface area (Å²) in [5, 5.41) is 0. The zero-order chi connectivity index (χ0) is 15.5. The van der Waals surface area contributed by atoms with Crippen LogP contribution in [0.15, 0.2) is 0 Å². The Morgan fingerprint density at radius 1 is 1.05 bits per heavy atom. The van der Waals surface area contributed by atoms with Gasteiger partial charge in [0.1, 0.15) is 0 Å².